The number of likely N-dealkylation sites (tertiary alicyclic amines) is 1. The highest BCUT2D eigenvalue weighted by molar-refractivity contribution is 5.80. The number of carboxylic acids is 1. The van der Waals surface area contributed by atoms with Gasteiger partial charge in [0.05, 0.1) is 0 Å². The number of nitrogens with zero attached hydrogens (tertiary/aromatic N) is 1. The van der Waals surface area contributed by atoms with Gasteiger partial charge >= 0.3 is 5.97 Å². The lowest BCUT2D eigenvalue weighted by molar-refractivity contribution is -0.152. The second kappa shape index (κ2) is 5.11. The fourth-order valence-electron chi connectivity index (χ4n) is 2.80. The van der Waals surface area contributed by atoms with Crippen LogP contribution in [0.3, 0.4) is 0 Å². The fraction of sp³-hybridized carbons (Fsp3) is 0.533. The zero-order valence-electron chi connectivity index (χ0n) is 11.1. The normalized spacial score (nSPS) is 24.4. The Balaban J connectivity index is 2.35. The van der Waals surface area contributed by atoms with Crippen LogP contribution < -0.4 is 0 Å². The zero-order valence-corrected chi connectivity index (χ0v) is 11.1. The van der Waals surface area contributed by atoms with Crippen molar-refractivity contribution >= 4 is 5.97 Å². The highest BCUT2D eigenvalue weighted by Gasteiger charge is 2.42. The van der Waals surface area contributed by atoms with E-state index in [1.165, 1.54) is 6.42 Å². The molecule has 0 amide bonds. The van der Waals surface area contributed by atoms with Gasteiger partial charge < -0.3 is 5.11 Å². The van der Waals surface area contributed by atoms with Gasteiger partial charge in [0.25, 0.3) is 0 Å². The minimum atomic E-state index is -0.907. The van der Waals surface area contributed by atoms with Crippen molar-refractivity contribution in [2.24, 2.45) is 5.92 Å². The van der Waals surface area contributed by atoms with Gasteiger partial charge in [-0.2, -0.15) is 0 Å². The van der Waals surface area contributed by atoms with E-state index in [2.05, 4.69) is 11.8 Å². The highest BCUT2D eigenvalue weighted by atomic mass is 16.4. The molecule has 1 aromatic rings. The van der Waals surface area contributed by atoms with Gasteiger partial charge in [-0.15, -0.1) is 0 Å². The Morgan fingerprint density at radius 3 is 2.61 bits per heavy atom. The van der Waals surface area contributed by atoms with Crippen molar-refractivity contribution in [3.8, 4) is 0 Å². The van der Waals surface area contributed by atoms with Crippen LogP contribution in [0.4, 0.5) is 0 Å². The summed E-state index contributed by atoms with van der Waals surface area (Å²) in [6, 6.07) is 9.55. The smallest absolute Gasteiger partial charge is 0.328 e. The molecule has 0 radical (unpaired) electrons. The molecule has 0 unspecified atom stereocenters. The molecule has 0 spiro atoms. The average molecular weight is 247 g/mol. The molecule has 3 heteroatoms. The monoisotopic (exact) mass is 247 g/mol. The third-order valence-corrected chi connectivity index (χ3v) is 4.04. The molecule has 1 aromatic carbocycles. The molecule has 0 aromatic heterocycles. The Labute approximate surface area is 108 Å². The Hall–Kier alpha value is -1.35. The van der Waals surface area contributed by atoms with E-state index in [0.29, 0.717) is 5.92 Å². The molecule has 1 saturated heterocycles. The van der Waals surface area contributed by atoms with Crippen LogP contribution in [0, 0.1) is 5.92 Å². The quantitative estimate of drug-likeness (QED) is 0.892. The largest absolute Gasteiger partial charge is 0.480 e. The summed E-state index contributed by atoms with van der Waals surface area (Å²) >= 11 is 0. The number of benzene rings is 1. The first-order chi connectivity index (χ1) is 8.55. The standard InChI is InChI=1S/C15H21NO2/c1-12-7-6-10-16(11-12)15(2,14(17)18)13-8-4-3-5-9-13/h3-5,8-9,12H,6-7,10-11H2,1-2H3,(H,17,18)/t12-,15+/m0/s1. The maximum absolute atomic E-state index is 11.8. The third kappa shape index (κ3) is 2.27. The van der Waals surface area contributed by atoms with Crippen LogP contribution in [0.15, 0.2) is 30.3 Å². The second-order valence-corrected chi connectivity index (χ2v) is 5.44. The average Bonchev–Trinajstić information content (AvgIpc) is 2.38. The molecule has 0 bridgehead atoms. The maximum atomic E-state index is 11.8. The summed E-state index contributed by atoms with van der Waals surface area (Å²) in [4.78, 5) is 13.9. The van der Waals surface area contributed by atoms with Crippen LogP contribution in [0.2, 0.25) is 0 Å². The summed E-state index contributed by atoms with van der Waals surface area (Å²) in [5.41, 5.74) is -0.0396. The molecule has 0 saturated carbocycles. The van der Waals surface area contributed by atoms with Gasteiger partial charge in [0.1, 0.15) is 5.54 Å². The van der Waals surface area contributed by atoms with Gasteiger partial charge in [-0.3, -0.25) is 4.90 Å². The number of hydrogen-bond acceptors (Lipinski definition) is 2. The first-order valence-corrected chi connectivity index (χ1v) is 6.59. The number of carbonyl (C=O) groups is 1. The summed E-state index contributed by atoms with van der Waals surface area (Å²) in [5.74, 6) is -0.191. The van der Waals surface area contributed by atoms with E-state index in [1.54, 1.807) is 0 Å². The first kappa shape index (κ1) is 13.1. The SMILES string of the molecule is C[C@H]1CCCN([C@@](C)(C(=O)O)c2ccccc2)C1. The van der Waals surface area contributed by atoms with E-state index in [1.807, 2.05) is 37.3 Å². The lowest BCUT2D eigenvalue weighted by atomic mass is 9.86. The van der Waals surface area contributed by atoms with Crippen LogP contribution in [0.1, 0.15) is 32.3 Å². The van der Waals surface area contributed by atoms with Crippen molar-refractivity contribution in [2.45, 2.75) is 32.2 Å². The van der Waals surface area contributed by atoms with Crippen molar-refractivity contribution in [1.82, 2.24) is 4.90 Å². The van der Waals surface area contributed by atoms with E-state index < -0.39 is 11.5 Å². The van der Waals surface area contributed by atoms with Crippen LogP contribution in [-0.2, 0) is 10.3 Å². The number of carboxylic acid groups (broad SMARTS) is 1. The van der Waals surface area contributed by atoms with Crippen molar-refractivity contribution in [1.29, 1.82) is 0 Å². The molecule has 1 heterocycles. The van der Waals surface area contributed by atoms with E-state index in [0.717, 1.165) is 25.1 Å². The van der Waals surface area contributed by atoms with Crippen LogP contribution in [-0.4, -0.2) is 29.1 Å². The number of rotatable bonds is 3. The Kier molecular flexibility index (Phi) is 3.71. The fourth-order valence-corrected chi connectivity index (χ4v) is 2.80. The number of hydrogen-bond donors (Lipinski definition) is 1. The Morgan fingerprint density at radius 2 is 2.06 bits per heavy atom. The molecule has 1 fully saturated rings. The summed E-state index contributed by atoms with van der Waals surface area (Å²) in [7, 11) is 0. The second-order valence-electron chi connectivity index (χ2n) is 5.44. The van der Waals surface area contributed by atoms with Crippen LogP contribution in [0.25, 0.3) is 0 Å². The summed E-state index contributed by atoms with van der Waals surface area (Å²) < 4.78 is 0. The van der Waals surface area contributed by atoms with Gasteiger partial charge in [0.2, 0.25) is 0 Å². The van der Waals surface area contributed by atoms with Crippen LogP contribution >= 0.6 is 0 Å². The molecule has 1 aliphatic rings. The maximum Gasteiger partial charge on any atom is 0.328 e. The molecule has 1 N–H and O–H groups in total. The molecule has 3 nitrogen and oxygen atoms in total. The van der Waals surface area contributed by atoms with Gasteiger partial charge in [0, 0.05) is 6.54 Å². The molecule has 18 heavy (non-hydrogen) atoms. The van der Waals surface area contributed by atoms with Crippen molar-refractivity contribution < 1.29 is 9.90 Å². The summed E-state index contributed by atoms with van der Waals surface area (Å²) in [6.45, 7) is 5.74. The molecule has 2 rings (SSSR count). The molecule has 2 atom stereocenters. The molecule has 1 aliphatic heterocycles. The van der Waals surface area contributed by atoms with Crippen LogP contribution in [0.5, 0.6) is 0 Å². The van der Waals surface area contributed by atoms with E-state index in [4.69, 9.17) is 0 Å². The molecular formula is C15H21NO2. The van der Waals surface area contributed by atoms with Crippen molar-refractivity contribution in [3.05, 3.63) is 35.9 Å². The Bertz CT molecular complexity index is 418. The van der Waals surface area contributed by atoms with Gasteiger partial charge in [0.15, 0.2) is 0 Å². The van der Waals surface area contributed by atoms with Gasteiger partial charge in [-0.1, -0.05) is 37.3 Å². The predicted octanol–water partition coefficient (Wildman–Crippen LogP) is 2.72. The predicted molar refractivity (Wildman–Crippen MR) is 71.4 cm³/mol. The zero-order chi connectivity index (χ0) is 13.2. The highest BCUT2D eigenvalue weighted by Crippen LogP contribution is 2.32. The Morgan fingerprint density at radius 1 is 1.39 bits per heavy atom. The van der Waals surface area contributed by atoms with Crippen molar-refractivity contribution in [3.63, 3.8) is 0 Å². The first-order valence-electron chi connectivity index (χ1n) is 6.59. The number of aliphatic carboxylic acids is 1. The summed E-state index contributed by atoms with van der Waals surface area (Å²) in [5, 5.41) is 9.68. The van der Waals surface area contributed by atoms with Gasteiger partial charge in [-0.25, -0.2) is 4.79 Å². The van der Waals surface area contributed by atoms with Gasteiger partial charge in [-0.05, 0) is 37.8 Å². The van der Waals surface area contributed by atoms with E-state index >= 15 is 0 Å². The summed E-state index contributed by atoms with van der Waals surface area (Å²) in [6.07, 6.45) is 2.28. The molecule has 0 aliphatic carbocycles. The minimum Gasteiger partial charge on any atom is -0.480 e. The minimum absolute atomic E-state index is 0.570. The van der Waals surface area contributed by atoms with Crippen molar-refractivity contribution in [2.75, 3.05) is 13.1 Å². The topological polar surface area (TPSA) is 40.5 Å². The molecular weight excluding hydrogens is 226 g/mol. The third-order valence-electron chi connectivity index (χ3n) is 4.04. The van der Waals surface area contributed by atoms with E-state index in [9.17, 15) is 9.90 Å². The lowest BCUT2D eigenvalue weighted by Crippen LogP contribution is -2.53. The number of piperidine rings is 1. The molecule has 98 valence electrons. The van der Waals surface area contributed by atoms with E-state index in [-0.39, 0.29) is 0 Å². The lowest BCUT2D eigenvalue weighted by Gasteiger charge is -2.42.